The van der Waals surface area contributed by atoms with Crippen molar-refractivity contribution in [3.05, 3.63) is 16.1 Å². The van der Waals surface area contributed by atoms with E-state index in [0.717, 1.165) is 17.3 Å². The highest BCUT2D eigenvalue weighted by Crippen LogP contribution is 2.49. The van der Waals surface area contributed by atoms with E-state index in [4.69, 9.17) is 11.6 Å². The zero-order valence-corrected chi connectivity index (χ0v) is 8.71. The van der Waals surface area contributed by atoms with Crippen LogP contribution in [0.3, 0.4) is 0 Å². The maximum absolute atomic E-state index is 5.90. The number of alkyl halides is 1. The van der Waals surface area contributed by atoms with Crippen LogP contribution in [0.25, 0.3) is 0 Å². The summed E-state index contributed by atoms with van der Waals surface area (Å²) in [4.78, 5) is 5.63. The Morgan fingerprint density at radius 1 is 1.67 bits per heavy atom. The molecule has 0 unspecified atom stereocenters. The highest BCUT2D eigenvalue weighted by atomic mass is 35.5. The first-order valence-electron chi connectivity index (χ1n) is 4.21. The first-order chi connectivity index (χ1) is 5.74. The molecule has 0 atom stereocenters. The number of thiazole rings is 1. The minimum absolute atomic E-state index is 0.445. The molecule has 12 heavy (non-hydrogen) atoms. The van der Waals surface area contributed by atoms with Crippen LogP contribution in [0.4, 0.5) is 0 Å². The van der Waals surface area contributed by atoms with Crippen molar-refractivity contribution < 1.29 is 0 Å². The third-order valence-electron chi connectivity index (χ3n) is 2.46. The number of hydrogen-bond donors (Lipinski definition) is 0. The van der Waals surface area contributed by atoms with E-state index >= 15 is 0 Å². The van der Waals surface area contributed by atoms with Gasteiger partial charge in [-0.3, -0.25) is 0 Å². The number of nitrogens with zero attached hydrogens (tertiary/aromatic N) is 1. The Balaban J connectivity index is 2.04. The van der Waals surface area contributed by atoms with Crippen LogP contribution in [0.2, 0.25) is 0 Å². The summed E-state index contributed by atoms with van der Waals surface area (Å²) in [5.41, 5.74) is 0.445. The standard InChI is InChI=1S/C9H12ClNS/c1-7-11-5-8(12-7)4-9(6-10)2-3-9/h5H,2-4,6H2,1H3. The molecule has 1 nitrogen and oxygen atoms in total. The quantitative estimate of drug-likeness (QED) is 0.686. The van der Waals surface area contributed by atoms with Crippen molar-refractivity contribution in [3.8, 4) is 0 Å². The molecular formula is C9H12ClNS. The monoisotopic (exact) mass is 201 g/mol. The van der Waals surface area contributed by atoms with Gasteiger partial charge in [0.05, 0.1) is 5.01 Å². The van der Waals surface area contributed by atoms with Gasteiger partial charge in [0.15, 0.2) is 0 Å². The number of hydrogen-bond acceptors (Lipinski definition) is 2. The fourth-order valence-corrected chi connectivity index (χ4v) is 2.72. The molecule has 1 heterocycles. The van der Waals surface area contributed by atoms with Gasteiger partial charge in [-0.1, -0.05) is 0 Å². The number of halogens is 1. The van der Waals surface area contributed by atoms with E-state index in [-0.39, 0.29) is 0 Å². The van der Waals surface area contributed by atoms with Crippen molar-refractivity contribution in [1.29, 1.82) is 0 Å². The second kappa shape index (κ2) is 3.00. The number of aryl methyl sites for hydroxylation is 1. The molecule has 1 aliphatic rings. The van der Waals surface area contributed by atoms with E-state index in [1.54, 1.807) is 11.3 Å². The Morgan fingerprint density at radius 3 is 2.83 bits per heavy atom. The van der Waals surface area contributed by atoms with Crippen molar-refractivity contribution in [2.75, 3.05) is 5.88 Å². The van der Waals surface area contributed by atoms with E-state index < -0.39 is 0 Å². The third kappa shape index (κ3) is 1.64. The topological polar surface area (TPSA) is 12.9 Å². The summed E-state index contributed by atoms with van der Waals surface area (Å²) < 4.78 is 0. The average molecular weight is 202 g/mol. The molecule has 0 spiro atoms. The molecule has 0 bridgehead atoms. The Morgan fingerprint density at radius 2 is 2.42 bits per heavy atom. The fraction of sp³-hybridized carbons (Fsp3) is 0.667. The van der Waals surface area contributed by atoms with Crippen LogP contribution in [0.5, 0.6) is 0 Å². The molecule has 1 aromatic rings. The Labute approximate surface area is 81.8 Å². The van der Waals surface area contributed by atoms with Crippen LogP contribution in [0.1, 0.15) is 22.7 Å². The summed E-state index contributed by atoms with van der Waals surface area (Å²) in [7, 11) is 0. The Hall–Kier alpha value is -0.0800. The molecule has 1 fully saturated rings. The van der Waals surface area contributed by atoms with Gasteiger partial charge in [-0.05, 0) is 31.6 Å². The predicted octanol–water partition coefficient (Wildman–Crippen LogP) is 3.01. The lowest BCUT2D eigenvalue weighted by Crippen LogP contribution is -2.04. The summed E-state index contributed by atoms with van der Waals surface area (Å²) in [6, 6.07) is 0. The molecule has 0 saturated heterocycles. The summed E-state index contributed by atoms with van der Waals surface area (Å²) in [6.07, 6.45) is 5.73. The van der Waals surface area contributed by atoms with Crippen LogP contribution in [-0.2, 0) is 6.42 Å². The van der Waals surface area contributed by atoms with Crippen molar-refractivity contribution in [2.24, 2.45) is 5.41 Å². The molecule has 1 aromatic heterocycles. The van der Waals surface area contributed by atoms with Gasteiger partial charge in [0.2, 0.25) is 0 Å². The highest BCUT2D eigenvalue weighted by Gasteiger charge is 2.41. The normalized spacial score (nSPS) is 19.5. The van der Waals surface area contributed by atoms with Crippen molar-refractivity contribution in [3.63, 3.8) is 0 Å². The molecule has 0 amide bonds. The first-order valence-corrected chi connectivity index (χ1v) is 5.56. The van der Waals surface area contributed by atoms with Crippen LogP contribution >= 0.6 is 22.9 Å². The molecule has 3 heteroatoms. The minimum atomic E-state index is 0.445. The summed E-state index contributed by atoms with van der Waals surface area (Å²) in [6.45, 7) is 2.05. The van der Waals surface area contributed by atoms with Crippen LogP contribution < -0.4 is 0 Å². The zero-order valence-electron chi connectivity index (χ0n) is 7.14. The lowest BCUT2D eigenvalue weighted by molar-refractivity contribution is 0.583. The summed E-state index contributed by atoms with van der Waals surface area (Å²) in [5.74, 6) is 0.809. The van der Waals surface area contributed by atoms with E-state index in [0.29, 0.717) is 5.41 Å². The smallest absolute Gasteiger partial charge is 0.0896 e. The van der Waals surface area contributed by atoms with Crippen molar-refractivity contribution in [1.82, 2.24) is 4.98 Å². The van der Waals surface area contributed by atoms with Gasteiger partial charge in [-0.15, -0.1) is 22.9 Å². The largest absolute Gasteiger partial charge is 0.250 e. The van der Waals surface area contributed by atoms with E-state index in [2.05, 4.69) is 11.9 Å². The molecule has 0 aromatic carbocycles. The molecule has 0 aliphatic heterocycles. The van der Waals surface area contributed by atoms with Gasteiger partial charge in [-0.2, -0.15) is 0 Å². The average Bonchev–Trinajstić information content (AvgIpc) is 2.71. The van der Waals surface area contributed by atoms with Gasteiger partial charge < -0.3 is 0 Å². The SMILES string of the molecule is Cc1ncc(CC2(CCl)CC2)s1. The Kier molecular flexibility index (Phi) is 2.13. The second-order valence-corrected chi connectivity index (χ2v) is 5.24. The van der Waals surface area contributed by atoms with Crippen LogP contribution in [0.15, 0.2) is 6.20 Å². The van der Waals surface area contributed by atoms with E-state index in [9.17, 15) is 0 Å². The molecule has 0 N–H and O–H groups in total. The first kappa shape index (κ1) is 8.52. The van der Waals surface area contributed by atoms with Crippen LogP contribution in [-0.4, -0.2) is 10.9 Å². The second-order valence-electron chi connectivity index (χ2n) is 3.66. The van der Waals surface area contributed by atoms with E-state index in [1.807, 2.05) is 6.20 Å². The lowest BCUT2D eigenvalue weighted by Gasteiger charge is -2.07. The van der Waals surface area contributed by atoms with E-state index in [1.165, 1.54) is 17.7 Å². The van der Waals surface area contributed by atoms with Gasteiger partial charge in [0, 0.05) is 17.0 Å². The molecule has 1 aliphatic carbocycles. The highest BCUT2D eigenvalue weighted by molar-refractivity contribution is 7.11. The molecular weight excluding hydrogens is 190 g/mol. The molecule has 2 rings (SSSR count). The number of aromatic nitrogens is 1. The lowest BCUT2D eigenvalue weighted by atomic mass is 10.1. The van der Waals surface area contributed by atoms with Crippen LogP contribution in [0, 0.1) is 12.3 Å². The molecule has 0 radical (unpaired) electrons. The molecule has 66 valence electrons. The van der Waals surface area contributed by atoms with Gasteiger partial charge >= 0.3 is 0 Å². The third-order valence-corrected chi connectivity index (χ3v) is 3.94. The van der Waals surface area contributed by atoms with Crippen molar-refractivity contribution >= 4 is 22.9 Å². The summed E-state index contributed by atoms with van der Waals surface area (Å²) in [5, 5.41) is 1.16. The maximum atomic E-state index is 5.90. The fourth-order valence-electron chi connectivity index (χ4n) is 1.39. The minimum Gasteiger partial charge on any atom is -0.250 e. The summed E-state index contributed by atoms with van der Waals surface area (Å²) >= 11 is 7.70. The van der Waals surface area contributed by atoms with Gasteiger partial charge in [0.25, 0.3) is 0 Å². The van der Waals surface area contributed by atoms with Crippen molar-refractivity contribution in [2.45, 2.75) is 26.2 Å². The zero-order chi connectivity index (χ0) is 8.60. The van der Waals surface area contributed by atoms with Gasteiger partial charge in [0.1, 0.15) is 0 Å². The molecule has 1 saturated carbocycles. The Bertz CT molecular complexity index is 278. The maximum Gasteiger partial charge on any atom is 0.0896 e. The van der Waals surface area contributed by atoms with Gasteiger partial charge in [-0.25, -0.2) is 4.98 Å². The predicted molar refractivity (Wildman–Crippen MR) is 52.9 cm³/mol. The number of rotatable bonds is 3.